The van der Waals surface area contributed by atoms with Crippen molar-refractivity contribution in [1.82, 2.24) is 15.8 Å². The summed E-state index contributed by atoms with van der Waals surface area (Å²) < 4.78 is 5.21. The fraction of sp³-hybridized carbons (Fsp3) is 0.688. The number of nitrogens with zero attached hydrogens (tertiary/aromatic N) is 1. The number of hydrogen-bond donors (Lipinski definition) is 3. The molecule has 1 aromatic heterocycles. The first-order valence-corrected chi connectivity index (χ1v) is 8.42. The zero-order chi connectivity index (χ0) is 16.2. The number of carbonyl (C=O) groups is 2. The van der Waals surface area contributed by atoms with E-state index in [4.69, 9.17) is 10.3 Å². The molecule has 0 radical (unpaired) electrons. The number of rotatable bonds is 6. The van der Waals surface area contributed by atoms with Crippen molar-refractivity contribution in [3.63, 3.8) is 0 Å². The summed E-state index contributed by atoms with van der Waals surface area (Å²) in [5.74, 6) is 1.19. The molecule has 0 unspecified atom stereocenters. The first kappa shape index (κ1) is 16.0. The van der Waals surface area contributed by atoms with Crippen molar-refractivity contribution >= 4 is 11.8 Å². The third-order valence-electron chi connectivity index (χ3n) is 4.62. The van der Waals surface area contributed by atoms with E-state index in [1.54, 1.807) is 6.07 Å². The minimum atomic E-state index is -0.184. The van der Waals surface area contributed by atoms with Gasteiger partial charge in [-0.15, -0.1) is 0 Å². The number of hydrogen-bond acceptors (Lipinski definition) is 5. The minimum Gasteiger partial charge on any atom is -0.360 e. The van der Waals surface area contributed by atoms with E-state index in [9.17, 15) is 9.59 Å². The van der Waals surface area contributed by atoms with Gasteiger partial charge in [-0.3, -0.25) is 9.59 Å². The number of aromatic nitrogens is 1. The smallest absolute Gasteiger partial charge is 0.273 e. The van der Waals surface area contributed by atoms with E-state index < -0.39 is 0 Å². The lowest BCUT2D eigenvalue weighted by molar-refractivity contribution is -0.125. The fourth-order valence-electron chi connectivity index (χ4n) is 3.06. The Hall–Kier alpha value is -1.89. The average molecular weight is 320 g/mol. The minimum absolute atomic E-state index is 0.0308. The van der Waals surface area contributed by atoms with Crippen molar-refractivity contribution in [2.45, 2.75) is 50.5 Å². The van der Waals surface area contributed by atoms with Crippen molar-refractivity contribution in [3.05, 3.63) is 17.5 Å². The van der Waals surface area contributed by atoms with Gasteiger partial charge in [-0.05, 0) is 38.5 Å². The Bertz CT molecular complexity index is 559. The fourth-order valence-corrected chi connectivity index (χ4v) is 3.06. The van der Waals surface area contributed by atoms with Gasteiger partial charge >= 0.3 is 0 Å². The van der Waals surface area contributed by atoms with Crippen LogP contribution in [0.5, 0.6) is 0 Å². The van der Waals surface area contributed by atoms with E-state index in [1.165, 1.54) is 0 Å². The predicted octanol–water partition coefficient (Wildman–Crippen LogP) is 0.915. The maximum absolute atomic E-state index is 12.2. The van der Waals surface area contributed by atoms with Crippen LogP contribution in [0.3, 0.4) is 0 Å². The second-order valence-corrected chi connectivity index (χ2v) is 6.49. The van der Waals surface area contributed by atoms with Gasteiger partial charge in [0.05, 0.1) is 0 Å². The van der Waals surface area contributed by atoms with Crippen LogP contribution in [0.15, 0.2) is 10.6 Å². The van der Waals surface area contributed by atoms with Crippen molar-refractivity contribution in [3.8, 4) is 0 Å². The van der Waals surface area contributed by atoms with Crippen LogP contribution in [0, 0.1) is 5.92 Å². The van der Waals surface area contributed by atoms with Crippen LogP contribution < -0.4 is 16.4 Å². The third-order valence-corrected chi connectivity index (χ3v) is 4.62. The molecular weight excluding hydrogens is 296 g/mol. The van der Waals surface area contributed by atoms with Gasteiger partial charge in [-0.2, -0.15) is 0 Å². The zero-order valence-corrected chi connectivity index (χ0v) is 13.2. The molecule has 2 aliphatic rings. The van der Waals surface area contributed by atoms with Crippen LogP contribution in [-0.4, -0.2) is 36.1 Å². The Labute approximate surface area is 135 Å². The molecule has 0 aromatic carbocycles. The van der Waals surface area contributed by atoms with Crippen molar-refractivity contribution in [1.29, 1.82) is 0 Å². The summed E-state index contributed by atoms with van der Waals surface area (Å²) in [6, 6.07) is 1.85. The summed E-state index contributed by atoms with van der Waals surface area (Å²) in [5, 5.41) is 9.68. The molecule has 4 N–H and O–H groups in total. The van der Waals surface area contributed by atoms with Gasteiger partial charge in [-0.1, -0.05) is 5.16 Å². The van der Waals surface area contributed by atoms with Crippen LogP contribution in [0.2, 0.25) is 0 Å². The van der Waals surface area contributed by atoms with E-state index in [0.29, 0.717) is 24.7 Å². The molecule has 23 heavy (non-hydrogen) atoms. The number of amides is 2. The van der Waals surface area contributed by atoms with E-state index in [2.05, 4.69) is 15.8 Å². The molecule has 2 fully saturated rings. The van der Waals surface area contributed by atoms with Gasteiger partial charge < -0.3 is 20.9 Å². The second kappa shape index (κ2) is 7.12. The van der Waals surface area contributed by atoms with Gasteiger partial charge in [0.25, 0.3) is 5.91 Å². The first-order valence-electron chi connectivity index (χ1n) is 8.42. The molecular formula is C16H24N4O3. The normalized spacial score (nSPS) is 24.2. The summed E-state index contributed by atoms with van der Waals surface area (Å²) in [5.41, 5.74) is 5.74. The molecule has 0 spiro atoms. The van der Waals surface area contributed by atoms with E-state index in [-0.39, 0.29) is 23.8 Å². The van der Waals surface area contributed by atoms with Crippen LogP contribution in [0.1, 0.15) is 60.7 Å². The lowest BCUT2D eigenvalue weighted by Gasteiger charge is -2.28. The molecule has 126 valence electrons. The lowest BCUT2D eigenvalue weighted by Crippen LogP contribution is -2.41. The highest BCUT2D eigenvalue weighted by Crippen LogP contribution is 2.40. The molecule has 7 nitrogen and oxygen atoms in total. The Morgan fingerprint density at radius 1 is 1.22 bits per heavy atom. The molecule has 1 heterocycles. The molecule has 7 heteroatoms. The predicted molar refractivity (Wildman–Crippen MR) is 83.8 cm³/mol. The Morgan fingerprint density at radius 2 is 1.96 bits per heavy atom. The quantitative estimate of drug-likeness (QED) is 0.722. The Kier molecular flexibility index (Phi) is 4.95. The molecule has 2 amide bonds. The summed E-state index contributed by atoms with van der Waals surface area (Å²) >= 11 is 0. The summed E-state index contributed by atoms with van der Waals surface area (Å²) in [4.78, 5) is 24.1. The highest BCUT2D eigenvalue weighted by Gasteiger charge is 2.30. The number of nitrogens with two attached hydrogens (primary N) is 1. The first-order chi connectivity index (χ1) is 11.2. The van der Waals surface area contributed by atoms with Crippen molar-refractivity contribution in [2.24, 2.45) is 11.7 Å². The Balaban J connectivity index is 1.44. The maximum Gasteiger partial charge on any atom is 0.273 e. The standard InChI is InChI=1S/C16H24N4O3/c17-7-8-18-15(21)11-3-5-12(6-4-11)19-16(22)13-9-14(23-20-13)10-1-2-10/h9-12H,1-8,17H2,(H,18,21)(H,19,22). The summed E-state index contributed by atoms with van der Waals surface area (Å²) in [6.07, 6.45) is 5.42. The SMILES string of the molecule is NCCNC(=O)C1CCC(NC(=O)c2cc(C3CC3)on2)CC1. The topological polar surface area (TPSA) is 110 Å². The van der Waals surface area contributed by atoms with Gasteiger partial charge in [0.2, 0.25) is 5.91 Å². The van der Waals surface area contributed by atoms with E-state index in [0.717, 1.165) is 44.3 Å². The van der Waals surface area contributed by atoms with Crippen LogP contribution in [-0.2, 0) is 4.79 Å². The van der Waals surface area contributed by atoms with E-state index >= 15 is 0 Å². The number of nitrogens with one attached hydrogen (secondary N) is 2. The molecule has 0 atom stereocenters. The molecule has 2 aliphatic carbocycles. The van der Waals surface area contributed by atoms with Gasteiger partial charge in [0.1, 0.15) is 5.76 Å². The van der Waals surface area contributed by atoms with E-state index in [1.807, 2.05) is 0 Å². The molecule has 3 rings (SSSR count). The lowest BCUT2D eigenvalue weighted by atomic mass is 9.85. The average Bonchev–Trinajstić information content (AvgIpc) is 3.30. The molecule has 2 saturated carbocycles. The van der Waals surface area contributed by atoms with Crippen LogP contribution >= 0.6 is 0 Å². The number of carbonyl (C=O) groups excluding carboxylic acids is 2. The molecule has 0 bridgehead atoms. The highest BCUT2D eigenvalue weighted by molar-refractivity contribution is 5.92. The van der Waals surface area contributed by atoms with Crippen LogP contribution in [0.25, 0.3) is 0 Å². The summed E-state index contributed by atoms with van der Waals surface area (Å²) in [7, 11) is 0. The zero-order valence-electron chi connectivity index (χ0n) is 13.2. The highest BCUT2D eigenvalue weighted by atomic mass is 16.5. The Morgan fingerprint density at radius 3 is 2.61 bits per heavy atom. The van der Waals surface area contributed by atoms with Gasteiger partial charge in [0, 0.05) is 37.0 Å². The molecule has 1 aromatic rings. The van der Waals surface area contributed by atoms with Crippen molar-refractivity contribution in [2.75, 3.05) is 13.1 Å². The largest absolute Gasteiger partial charge is 0.360 e. The van der Waals surface area contributed by atoms with Gasteiger partial charge in [0.15, 0.2) is 5.69 Å². The van der Waals surface area contributed by atoms with Crippen LogP contribution in [0.4, 0.5) is 0 Å². The maximum atomic E-state index is 12.2. The molecule has 0 aliphatic heterocycles. The summed E-state index contributed by atoms with van der Waals surface area (Å²) in [6.45, 7) is 0.975. The monoisotopic (exact) mass is 320 g/mol. The second-order valence-electron chi connectivity index (χ2n) is 6.49. The van der Waals surface area contributed by atoms with Crippen molar-refractivity contribution < 1.29 is 14.1 Å². The van der Waals surface area contributed by atoms with Gasteiger partial charge in [-0.25, -0.2) is 0 Å². The molecule has 0 saturated heterocycles. The third kappa shape index (κ3) is 4.10.